The van der Waals surface area contributed by atoms with Crippen molar-refractivity contribution in [2.75, 3.05) is 0 Å². The largest absolute Gasteiger partial charge is 0.0593 e. The molecule has 0 aromatic carbocycles. The van der Waals surface area contributed by atoms with E-state index in [4.69, 9.17) is 0 Å². The average molecular weight is 120 g/mol. The molecule has 0 aromatic heterocycles. The van der Waals surface area contributed by atoms with E-state index in [0.29, 0.717) is 0 Å². The van der Waals surface area contributed by atoms with Crippen LogP contribution in [0.3, 0.4) is 0 Å². The van der Waals surface area contributed by atoms with Gasteiger partial charge in [0.05, 0.1) is 0 Å². The zero-order valence-electron chi connectivity index (χ0n) is 5.96. The van der Waals surface area contributed by atoms with Crippen molar-refractivity contribution in [2.24, 2.45) is 40.9 Å². The van der Waals surface area contributed by atoms with Crippen LogP contribution in [0.15, 0.2) is 0 Å². The second-order valence-corrected chi connectivity index (χ2v) is 5.18. The van der Waals surface area contributed by atoms with Gasteiger partial charge in [-0.1, -0.05) is 13.8 Å². The van der Waals surface area contributed by atoms with Crippen LogP contribution in [0.1, 0.15) is 13.8 Å². The van der Waals surface area contributed by atoms with E-state index < -0.39 is 0 Å². The lowest BCUT2D eigenvalue weighted by atomic mass is 9.93. The van der Waals surface area contributed by atoms with Crippen molar-refractivity contribution < 1.29 is 0 Å². The molecule has 0 N–H and O–H groups in total. The summed E-state index contributed by atoms with van der Waals surface area (Å²) in [5.41, 5.74) is 0.804. The summed E-state index contributed by atoms with van der Waals surface area (Å²) in [7, 11) is 0. The minimum atomic E-state index is 0.804. The van der Waals surface area contributed by atoms with Crippen molar-refractivity contribution in [2.45, 2.75) is 13.8 Å². The predicted octanol–water partition coefficient (Wildman–Crippen LogP) is 1.76. The highest BCUT2D eigenvalue weighted by atomic mass is 15.0. The van der Waals surface area contributed by atoms with E-state index in [2.05, 4.69) is 13.8 Å². The molecule has 0 aliphatic heterocycles. The Balaban J connectivity index is 1.88. The smallest absolute Gasteiger partial charge is 0.0286 e. The van der Waals surface area contributed by atoms with Crippen molar-refractivity contribution >= 4 is 0 Å². The Labute approximate surface area is 55.6 Å². The summed E-state index contributed by atoms with van der Waals surface area (Å²) in [6.45, 7) is 4.94. The molecular formula is C9H12. The molecule has 0 radical (unpaired) electrons. The summed E-state index contributed by atoms with van der Waals surface area (Å²) in [4.78, 5) is 0. The van der Waals surface area contributed by atoms with Crippen LogP contribution in [0.5, 0.6) is 0 Å². The van der Waals surface area contributed by atoms with E-state index in [9.17, 15) is 0 Å². The first-order chi connectivity index (χ1) is 4.24. The predicted molar refractivity (Wildman–Crippen MR) is 34.7 cm³/mol. The molecule has 5 fully saturated rings. The first-order valence-electron chi connectivity index (χ1n) is 4.24. The van der Waals surface area contributed by atoms with Gasteiger partial charge in [0.25, 0.3) is 0 Å². The standard InChI is InChI=1S/C9H12/c1-9(2)7-5-3-4(5)6(3)8(7)9/h3-8H,1-2H3. The molecule has 9 heavy (non-hydrogen) atoms. The van der Waals surface area contributed by atoms with Gasteiger partial charge in [0, 0.05) is 0 Å². The van der Waals surface area contributed by atoms with Gasteiger partial charge in [0.2, 0.25) is 0 Å². The number of hydrogen-bond donors (Lipinski definition) is 0. The second kappa shape index (κ2) is 0.681. The molecule has 0 saturated heterocycles. The molecule has 2 atom stereocenters. The van der Waals surface area contributed by atoms with Crippen LogP contribution in [0.4, 0.5) is 0 Å². The molecule has 0 amide bonds. The van der Waals surface area contributed by atoms with Gasteiger partial charge in [-0.2, -0.15) is 0 Å². The summed E-state index contributed by atoms with van der Waals surface area (Å²) in [6.07, 6.45) is 0. The fourth-order valence-electron chi connectivity index (χ4n) is 4.28. The monoisotopic (exact) mass is 120 g/mol. The molecule has 0 spiro atoms. The van der Waals surface area contributed by atoms with Crippen LogP contribution in [-0.2, 0) is 0 Å². The second-order valence-electron chi connectivity index (χ2n) is 5.18. The third-order valence-electron chi connectivity index (χ3n) is 4.77. The lowest BCUT2D eigenvalue weighted by molar-refractivity contribution is 0.365. The molecule has 0 aromatic rings. The lowest BCUT2D eigenvalue weighted by Gasteiger charge is -2.11. The Morgan fingerprint density at radius 3 is 1.56 bits per heavy atom. The van der Waals surface area contributed by atoms with E-state index >= 15 is 0 Å². The van der Waals surface area contributed by atoms with E-state index in [0.717, 1.165) is 5.41 Å². The molecule has 5 aliphatic rings. The maximum absolute atomic E-state index is 2.47. The number of rotatable bonds is 0. The first-order valence-corrected chi connectivity index (χ1v) is 4.24. The van der Waals surface area contributed by atoms with Crippen molar-refractivity contribution in [3.05, 3.63) is 0 Å². The first kappa shape index (κ1) is 4.00. The van der Waals surface area contributed by atoms with Crippen molar-refractivity contribution in [3.8, 4) is 0 Å². The van der Waals surface area contributed by atoms with Crippen molar-refractivity contribution in [1.29, 1.82) is 0 Å². The van der Waals surface area contributed by atoms with E-state index in [1.807, 2.05) is 0 Å². The molecule has 48 valence electrons. The van der Waals surface area contributed by atoms with Crippen molar-refractivity contribution in [1.82, 2.24) is 0 Å². The third kappa shape index (κ3) is 0.199. The Morgan fingerprint density at radius 1 is 0.778 bits per heavy atom. The van der Waals surface area contributed by atoms with Gasteiger partial charge in [-0.05, 0) is 40.9 Å². The highest BCUT2D eigenvalue weighted by molar-refractivity contribution is 5.40. The van der Waals surface area contributed by atoms with Gasteiger partial charge in [-0.25, -0.2) is 0 Å². The highest BCUT2D eigenvalue weighted by Crippen LogP contribution is 2.97. The van der Waals surface area contributed by atoms with Gasteiger partial charge in [-0.3, -0.25) is 0 Å². The molecule has 2 unspecified atom stereocenters. The molecule has 0 heterocycles. The minimum Gasteiger partial charge on any atom is -0.0593 e. The van der Waals surface area contributed by atoms with Crippen molar-refractivity contribution in [3.63, 3.8) is 0 Å². The molecule has 5 saturated carbocycles. The van der Waals surface area contributed by atoms with Gasteiger partial charge in [0.1, 0.15) is 0 Å². The van der Waals surface area contributed by atoms with Gasteiger partial charge >= 0.3 is 0 Å². The highest BCUT2D eigenvalue weighted by Gasteiger charge is 2.93. The summed E-state index contributed by atoms with van der Waals surface area (Å²) < 4.78 is 0. The van der Waals surface area contributed by atoms with Crippen LogP contribution in [0.25, 0.3) is 0 Å². The normalized spacial score (nSPS) is 83.3. The quantitative estimate of drug-likeness (QED) is 0.457. The molecular weight excluding hydrogens is 108 g/mol. The minimum absolute atomic E-state index is 0.804. The lowest BCUT2D eigenvalue weighted by Crippen LogP contribution is -2.06. The summed E-state index contributed by atoms with van der Waals surface area (Å²) >= 11 is 0. The fraction of sp³-hybridized carbons (Fsp3) is 1.00. The third-order valence-corrected chi connectivity index (χ3v) is 4.77. The zero-order chi connectivity index (χ0) is 5.96. The molecule has 0 heteroatoms. The molecule has 5 aliphatic carbocycles. The van der Waals surface area contributed by atoms with Gasteiger partial charge in [-0.15, -0.1) is 0 Å². The van der Waals surface area contributed by atoms with Gasteiger partial charge in [0.15, 0.2) is 0 Å². The Bertz CT molecular complexity index is 186. The zero-order valence-corrected chi connectivity index (χ0v) is 5.96. The summed E-state index contributed by atoms with van der Waals surface area (Å²) in [5.74, 6) is 7.50. The summed E-state index contributed by atoms with van der Waals surface area (Å²) in [5, 5.41) is 0. The van der Waals surface area contributed by atoms with E-state index in [1.54, 1.807) is 0 Å². The topological polar surface area (TPSA) is 0 Å². The SMILES string of the molecule is CC1(C)C2C3C4C3C4C21. The van der Waals surface area contributed by atoms with Crippen LogP contribution in [0.2, 0.25) is 0 Å². The Kier molecular flexibility index (Phi) is 0.302. The number of hydrogen-bond acceptors (Lipinski definition) is 0. The van der Waals surface area contributed by atoms with Crippen LogP contribution >= 0.6 is 0 Å². The fourth-order valence-corrected chi connectivity index (χ4v) is 4.28. The molecule has 2 bridgehead atoms. The van der Waals surface area contributed by atoms with Crippen LogP contribution in [0, 0.1) is 40.9 Å². The Hall–Kier alpha value is 0. The van der Waals surface area contributed by atoms with E-state index in [-0.39, 0.29) is 0 Å². The molecule has 0 nitrogen and oxygen atoms in total. The maximum atomic E-state index is 2.47. The van der Waals surface area contributed by atoms with E-state index in [1.165, 1.54) is 35.5 Å². The van der Waals surface area contributed by atoms with Gasteiger partial charge < -0.3 is 0 Å². The molecule has 5 rings (SSSR count). The van der Waals surface area contributed by atoms with Crippen LogP contribution in [-0.4, -0.2) is 0 Å². The Morgan fingerprint density at radius 2 is 1.22 bits per heavy atom. The van der Waals surface area contributed by atoms with Crippen LogP contribution < -0.4 is 0 Å². The maximum Gasteiger partial charge on any atom is -0.0286 e. The average Bonchev–Trinajstić information content (AvgIpc) is 2.60. The summed E-state index contributed by atoms with van der Waals surface area (Å²) in [6, 6.07) is 0.